The van der Waals surface area contributed by atoms with Crippen LogP contribution in [0.2, 0.25) is 0 Å². The molecule has 0 spiro atoms. The Labute approximate surface area is 85.6 Å². The molecule has 0 unspecified atom stereocenters. The molecule has 0 saturated heterocycles. The third-order valence-electron chi connectivity index (χ3n) is 2.04. The van der Waals surface area contributed by atoms with Crippen LogP contribution in [-0.4, -0.2) is 9.97 Å². The summed E-state index contributed by atoms with van der Waals surface area (Å²) in [5, 5.41) is 0. The Kier molecular flexibility index (Phi) is 2.41. The first-order valence-electron chi connectivity index (χ1n) is 4.42. The molecule has 2 aromatic rings. The molecule has 0 radical (unpaired) electrons. The maximum Gasteiger partial charge on any atom is 0.216 e. The first kappa shape index (κ1) is 9.71. The van der Waals surface area contributed by atoms with Crippen molar-refractivity contribution in [3.05, 3.63) is 47.8 Å². The number of aromatic nitrogens is 2. The van der Waals surface area contributed by atoms with E-state index in [9.17, 15) is 8.78 Å². The molecule has 0 aliphatic heterocycles. The first-order chi connectivity index (χ1) is 7.16. The molecule has 2 nitrogen and oxygen atoms in total. The Morgan fingerprint density at radius 2 is 1.93 bits per heavy atom. The largest absolute Gasteiger partial charge is 0.236 e. The molecule has 1 heterocycles. The second-order valence-electron chi connectivity index (χ2n) is 3.17. The maximum absolute atomic E-state index is 13.0. The standard InChI is InChI=1S/C11H8F2N2/c1-7-6-8(2-3-9(7)12)11-14-5-4-10(13)15-11/h2-6H,1H3. The highest BCUT2D eigenvalue weighted by atomic mass is 19.1. The zero-order valence-electron chi connectivity index (χ0n) is 8.04. The molecule has 2 rings (SSSR count). The summed E-state index contributed by atoms with van der Waals surface area (Å²) in [6, 6.07) is 5.60. The molecule has 0 N–H and O–H groups in total. The van der Waals surface area contributed by atoms with Crippen molar-refractivity contribution in [2.75, 3.05) is 0 Å². The number of rotatable bonds is 1. The van der Waals surface area contributed by atoms with E-state index in [4.69, 9.17) is 0 Å². The summed E-state index contributed by atoms with van der Waals surface area (Å²) >= 11 is 0. The van der Waals surface area contributed by atoms with Gasteiger partial charge in [0.05, 0.1) is 0 Å². The summed E-state index contributed by atoms with van der Waals surface area (Å²) in [5.41, 5.74) is 1.09. The van der Waals surface area contributed by atoms with E-state index in [1.165, 1.54) is 24.4 Å². The van der Waals surface area contributed by atoms with Gasteiger partial charge < -0.3 is 0 Å². The molecular weight excluding hydrogens is 198 g/mol. The van der Waals surface area contributed by atoms with Crippen LogP contribution in [0.1, 0.15) is 5.56 Å². The van der Waals surface area contributed by atoms with Crippen LogP contribution in [0.4, 0.5) is 8.78 Å². The van der Waals surface area contributed by atoms with Crippen LogP contribution in [0.5, 0.6) is 0 Å². The minimum absolute atomic E-state index is 0.262. The van der Waals surface area contributed by atoms with Crippen LogP contribution in [0.15, 0.2) is 30.5 Å². The topological polar surface area (TPSA) is 25.8 Å². The Morgan fingerprint density at radius 1 is 1.13 bits per heavy atom. The molecule has 76 valence electrons. The van der Waals surface area contributed by atoms with Crippen molar-refractivity contribution in [2.45, 2.75) is 6.92 Å². The van der Waals surface area contributed by atoms with Gasteiger partial charge in [-0.05, 0) is 30.7 Å². The fraction of sp³-hybridized carbons (Fsp3) is 0.0909. The smallest absolute Gasteiger partial charge is 0.216 e. The second-order valence-corrected chi connectivity index (χ2v) is 3.17. The van der Waals surface area contributed by atoms with Crippen molar-refractivity contribution in [3.63, 3.8) is 0 Å². The van der Waals surface area contributed by atoms with E-state index in [0.29, 0.717) is 11.1 Å². The SMILES string of the molecule is Cc1cc(-c2nccc(F)n2)ccc1F. The Morgan fingerprint density at radius 3 is 2.60 bits per heavy atom. The molecule has 0 saturated carbocycles. The molecule has 0 bridgehead atoms. The van der Waals surface area contributed by atoms with E-state index in [2.05, 4.69) is 9.97 Å². The molecular formula is C11H8F2N2. The quantitative estimate of drug-likeness (QED) is 0.670. The zero-order chi connectivity index (χ0) is 10.8. The Hall–Kier alpha value is -1.84. The lowest BCUT2D eigenvalue weighted by Gasteiger charge is -2.01. The van der Waals surface area contributed by atoms with Gasteiger partial charge in [-0.15, -0.1) is 0 Å². The van der Waals surface area contributed by atoms with Gasteiger partial charge in [0, 0.05) is 17.8 Å². The minimum Gasteiger partial charge on any atom is -0.236 e. The average Bonchev–Trinajstić information content (AvgIpc) is 2.22. The van der Waals surface area contributed by atoms with Crippen molar-refractivity contribution in [1.82, 2.24) is 9.97 Å². The molecule has 0 amide bonds. The Balaban J connectivity index is 2.50. The van der Waals surface area contributed by atoms with Gasteiger partial charge in [0.15, 0.2) is 5.82 Å². The average molecular weight is 206 g/mol. The van der Waals surface area contributed by atoms with Crippen molar-refractivity contribution in [2.24, 2.45) is 0 Å². The number of hydrogen-bond acceptors (Lipinski definition) is 2. The predicted molar refractivity (Wildman–Crippen MR) is 52.1 cm³/mol. The number of nitrogens with zero attached hydrogens (tertiary/aromatic N) is 2. The summed E-state index contributed by atoms with van der Waals surface area (Å²) in [6.45, 7) is 1.64. The highest BCUT2D eigenvalue weighted by Gasteiger charge is 2.04. The molecule has 1 aromatic carbocycles. The van der Waals surface area contributed by atoms with Gasteiger partial charge in [-0.3, -0.25) is 0 Å². The summed E-state index contributed by atoms with van der Waals surface area (Å²) in [6.07, 6.45) is 1.33. The lowest BCUT2D eigenvalue weighted by atomic mass is 10.1. The molecule has 0 aliphatic carbocycles. The van der Waals surface area contributed by atoms with E-state index in [1.54, 1.807) is 13.0 Å². The van der Waals surface area contributed by atoms with Gasteiger partial charge in [0.25, 0.3) is 0 Å². The van der Waals surface area contributed by atoms with Crippen molar-refractivity contribution >= 4 is 0 Å². The normalized spacial score (nSPS) is 10.3. The summed E-state index contributed by atoms with van der Waals surface area (Å²) in [7, 11) is 0. The molecule has 0 atom stereocenters. The molecule has 0 fully saturated rings. The number of benzene rings is 1. The van der Waals surface area contributed by atoms with E-state index in [0.717, 1.165) is 0 Å². The van der Waals surface area contributed by atoms with E-state index >= 15 is 0 Å². The monoisotopic (exact) mass is 206 g/mol. The maximum atomic E-state index is 13.0. The van der Waals surface area contributed by atoms with E-state index in [1.807, 2.05) is 0 Å². The minimum atomic E-state index is -0.595. The third kappa shape index (κ3) is 1.98. The number of aryl methyl sites for hydroxylation is 1. The van der Waals surface area contributed by atoms with Gasteiger partial charge in [-0.1, -0.05) is 0 Å². The molecule has 4 heteroatoms. The zero-order valence-corrected chi connectivity index (χ0v) is 8.04. The van der Waals surface area contributed by atoms with Crippen LogP contribution >= 0.6 is 0 Å². The first-order valence-corrected chi connectivity index (χ1v) is 4.42. The summed E-state index contributed by atoms with van der Waals surface area (Å²) in [5.74, 6) is -0.629. The lowest BCUT2D eigenvalue weighted by Crippen LogP contribution is -1.92. The van der Waals surface area contributed by atoms with Crippen LogP contribution < -0.4 is 0 Å². The van der Waals surface area contributed by atoms with Gasteiger partial charge in [-0.25, -0.2) is 9.37 Å². The fourth-order valence-electron chi connectivity index (χ4n) is 1.26. The van der Waals surface area contributed by atoms with Crippen molar-refractivity contribution < 1.29 is 8.78 Å². The number of halogens is 2. The summed E-state index contributed by atoms with van der Waals surface area (Å²) in [4.78, 5) is 7.52. The fourth-order valence-corrected chi connectivity index (χ4v) is 1.26. The van der Waals surface area contributed by atoms with Crippen molar-refractivity contribution in [3.8, 4) is 11.4 Å². The predicted octanol–water partition coefficient (Wildman–Crippen LogP) is 2.73. The van der Waals surface area contributed by atoms with Crippen molar-refractivity contribution in [1.29, 1.82) is 0 Å². The van der Waals surface area contributed by atoms with Gasteiger partial charge in [0.1, 0.15) is 5.82 Å². The molecule has 0 aliphatic rings. The van der Waals surface area contributed by atoms with Gasteiger partial charge in [0.2, 0.25) is 5.95 Å². The van der Waals surface area contributed by atoms with Crippen LogP contribution in [-0.2, 0) is 0 Å². The van der Waals surface area contributed by atoms with Gasteiger partial charge >= 0.3 is 0 Å². The molecule has 15 heavy (non-hydrogen) atoms. The van der Waals surface area contributed by atoms with Crippen LogP contribution in [0.3, 0.4) is 0 Å². The molecule has 1 aromatic heterocycles. The second kappa shape index (κ2) is 3.73. The van der Waals surface area contributed by atoms with E-state index in [-0.39, 0.29) is 11.6 Å². The van der Waals surface area contributed by atoms with Crippen LogP contribution in [0, 0.1) is 18.7 Å². The van der Waals surface area contributed by atoms with Crippen LogP contribution in [0.25, 0.3) is 11.4 Å². The summed E-state index contributed by atoms with van der Waals surface area (Å²) < 4.78 is 25.8. The highest BCUT2D eigenvalue weighted by molar-refractivity contribution is 5.55. The third-order valence-corrected chi connectivity index (χ3v) is 2.04. The van der Waals surface area contributed by atoms with E-state index < -0.39 is 5.95 Å². The highest BCUT2D eigenvalue weighted by Crippen LogP contribution is 2.17. The van der Waals surface area contributed by atoms with Gasteiger partial charge in [-0.2, -0.15) is 9.37 Å². The Bertz CT molecular complexity index is 498. The number of hydrogen-bond donors (Lipinski definition) is 0. The lowest BCUT2D eigenvalue weighted by molar-refractivity contribution is 0.581.